The van der Waals surface area contributed by atoms with Crippen LogP contribution < -0.4 is 10.2 Å². The number of hydrogen-bond acceptors (Lipinski definition) is 3. The quantitative estimate of drug-likeness (QED) is 0.860. The van der Waals surface area contributed by atoms with E-state index in [0.29, 0.717) is 6.04 Å². The number of hydrogen-bond donors (Lipinski definition) is 1. The molecule has 3 rings (SSSR count). The van der Waals surface area contributed by atoms with Gasteiger partial charge >= 0.3 is 0 Å². The second-order valence-corrected chi connectivity index (χ2v) is 6.38. The SMILES string of the molecule is CCC[C@H](c1ccc(N2CCCC2)cc1)N1CCNCC1.Cl.Cl. The predicted octanol–water partition coefficient (Wildman–Crippen LogP) is 3.88. The molecule has 0 unspecified atom stereocenters. The zero-order valence-electron chi connectivity index (χ0n) is 14.2. The Balaban J connectivity index is 0.00000132. The fourth-order valence-electron chi connectivity index (χ4n) is 3.71. The number of nitrogens with zero attached hydrogens (tertiary/aromatic N) is 2. The Bertz CT molecular complexity index is 426. The van der Waals surface area contributed by atoms with Crippen molar-refractivity contribution in [3.05, 3.63) is 29.8 Å². The van der Waals surface area contributed by atoms with Gasteiger partial charge in [0.1, 0.15) is 0 Å². The fraction of sp³-hybridized carbons (Fsp3) is 0.667. The van der Waals surface area contributed by atoms with Gasteiger partial charge < -0.3 is 10.2 Å². The molecule has 0 spiro atoms. The van der Waals surface area contributed by atoms with Gasteiger partial charge in [0.25, 0.3) is 0 Å². The molecule has 23 heavy (non-hydrogen) atoms. The Kier molecular flexibility index (Phi) is 9.30. The average Bonchev–Trinajstić information content (AvgIpc) is 3.08. The topological polar surface area (TPSA) is 18.5 Å². The molecule has 1 N–H and O–H groups in total. The van der Waals surface area contributed by atoms with E-state index in [9.17, 15) is 0 Å². The van der Waals surface area contributed by atoms with Crippen LogP contribution >= 0.6 is 24.8 Å². The zero-order chi connectivity index (χ0) is 14.5. The van der Waals surface area contributed by atoms with Crippen molar-refractivity contribution in [3.8, 4) is 0 Å². The molecule has 1 aromatic rings. The van der Waals surface area contributed by atoms with Crippen molar-refractivity contribution in [3.63, 3.8) is 0 Å². The van der Waals surface area contributed by atoms with Crippen LogP contribution in [0.15, 0.2) is 24.3 Å². The lowest BCUT2D eigenvalue weighted by Gasteiger charge is -2.35. The van der Waals surface area contributed by atoms with Crippen LogP contribution in [0.5, 0.6) is 0 Å². The Morgan fingerprint density at radius 1 is 0.957 bits per heavy atom. The van der Waals surface area contributed by atoms with Gasteiger partial charge in [0, 0.05) is 51.0 Å². The minimum atomic E-state index is 0. The molecular formula is C18H31Cl2N3. The molecule has 2 fully saturated rings. The van der Waals surface area contributed by atoms with Gasteiger partial charge in [0.2, 0.25) is 0 Å². The number of piperazine rings is 1. The minimum Gasteiger partial charge on any atom is -0.372 e. The molecule has 0 radical (unpaired) electrons. The van der Waals surface area contributed by atoms with Gasteiger partial charge in [-0.1, -0.05) is 25.5 Å². The molecule has 2 saturated heterocycles. The van der Waals surface area contributed by atoms with E-state index in [1.54, 1.807) is 0 Å². The summed E-state index contributed by atoms with van der Waals surface area (Å²) in [6.07, 6.45) is 5.22. The highest BCUT2D eigenvalue weighted by molar-refractivity contribution is 5.85. The predicted molar refractivity (Wildman–Crippen MR) is 104 cm³/mol. The first-order valence-corrected chi connectivity index (χ1v) is 8.68. The molecule has 0 aliphatic carbocycles. The average molecular weight is 360 g/mol. The summed E-state index contributed by atoms with van der Waals surface area (Å²) in [7, 11) is 0. The molecule has 1 aromatic carbocycles. The lowest BCUT2D eigenvalue weighted by atomic mass is 9.99. The highest BCUT2D eigenvalue weighted by atomic mass is 35.5. The standard InChI is InChI=1S/C18H29N3.2ClH/c1-2-5-18(21-14-10-19-11-15-21)16-6-8-17(9-7-16)20-12-3-4-13-20;;/h6-9,18-19H,2-5,10-15H2,1H3;2*1H/t18-;;/m1../s1. The van der Waals surface area contributed by atoms with Crippen LogP contribution in [-0.4, -0.2) is 44.2 Å². The second-order valence-electron chi connectivity index (χ2n) is 6.38. The third-order valence-corrected chi connectivity index (χ3v) is 4.90. The summed E-state index contributed by atoms with van der Waals surface area (Å²) in [5, 5.41) is 3.46. The third kappa shape index (κ3) is 5.25. The first-order valence-electron chi connectivity index (χ1n) is 8.68. The Morgan fingerprint density at radius 2 is 1.57 bits per heavy atom. The summed E-state index contributed by atoms with van der Waals surface area (Å²) in [6.45, 7) is 9.38. The Hall–Kier alpha value is -0.480. The molecule has 5 heteroatoms. The zero-order valence-corrected chi connectivity index (χ0v) is 15.8. The van der Waals surface area contributed by atoms with Crippen molar-refractivity contribution in [1.82, 2.24) is 10.2 Å². The summed E-state index contributed by atoms with van der Waals surface area (Å²) >= 11 is 0. The molecule has 2 aliphatic heterocycles. The van der Waals surface area contributed by atoms with E-state index < -0.39 is 0 Å². The van der Waals surface area contributed by atoms with E-state index in [1.807, 2.05) is 0 Å². The molecule has 2 heterocycles. The minimum absolute atomic E-state index is 0. The van der Waals surface area contributed by atoms with Gasteiger partial charge in [0.15, 0.2) is 0 Å². The molecule has 0 bridgehead atoms. The molecule has 132 valence electrons. The van der Waals surface area contributed by atoms with Gasteiger partial charge in [0.05, 0.1) is 0 Å². The van der Waals surface area contributed by atoms with Gasteiger partial charge in [-0.15, -0.1) is 24.8 Å². The van der Waals surface area contributed by atoms with E-state index in [1.165, 1.54) is 63.1 Å². The van der Waals surface area contributed by atoms with Crippen LogP contribution in [0.1, 0.15) is 44.2 Å². The van der Waals surface area contributed by atoms with Crippen LogP contribution in [0.25, 0.3) is 0 Å². The van der Waals surface area contributed by atoms with E-state index >= 15 is 0 Å². The molecule has 0 aromatic heterocycles. The number of halogens is 2. The van der Waals surface area contributed by atoms with E-state index in [4.69, 9.17) is 0 Å². The van der Waals surface area contributed by atoms with E-state index in [2.05, 4.69) is 46.3 Å². The lowest BCUT2D eigenvalue weighted by molar-refractivity contribution is 0.164. The maximum absolute atomic E-state index is 3.46. The number of benzene rings is 1. The molecule has 3 nitrogen and oxygen atoms in total. The number of nitrogens with one attached hydrogen (secondary N) is 1. The van der Waals surface area contributed by atoms with Crippen molar-refractivity contribution >= 4 is 30.5 Å². The Labute approximate surface area is 153 Å². The molecule has 1 atom stereocenters. The van der Waals surface area contributed by atoms with Crippen molar-refractivity contribution in [1.29, 1.82) is 0 Å². The van der Waals surface area contributed by atoms with Crippen LogP contribution in [0.2, 0.25) is 0 Å². The maximum atomic E-state index is 3.46. The smallest absolute Gasteiger partial charge is 0.0366 e. The number of rotatable bonds is 5. The van der Waals surface area contributed by atoms with Crippen LogP contribution in [0.3, 0.4) is 0 Å². The van der Waals surface area contributed by atoms with Crippen molar-refractivity contribution < 1.29 is 0 Å². The summed E-state index contributed by atoms with van der Waals surface area (Å²) in [5.41, 5.74) is 2.91. The Morgan fingerprint density at radius 3 is 2.13 bits per heavy atom. The highest BCUT2D eigenvalue weighted by Crippen LogP contribution is 2.28. The first-order chi connectivity index (χ1) is 10.4. The normalized spacial score (nSPS) is 19.8. The van der Waals surface area contributed by atoms with E-state index in [-0.39, 0.29) is 24.8 Å². The van der Waals surface area contributed by atoms with Crippen molar-refractivity contribution in [2.45, 2.75) is 38.6 Å². The number of anilines is 1. The maximum Gasteiger partial charge on any atom is 0.0366 e. The highest BCUT2D eigenvalue weighted by Gasteiger charge is 2.21. The van der Waals surface area contributed by atoms with Crippen LogP contribution in [0, 0.1) is 0 Å². The van der Waals surface area contributed by atoms with Gasteiger partial charge in [-0.3, -0.25) is 4.90 Å². The molecule has 0 saturated carbocycles. The fourth-order valence-corrected chi connectivity index (χ4v) is 3.71. The van der Waals surface area contributed by atoms with Gasteiger partial charge in [-0.2, -0.15) is 0 Å². The molecule has 2 aliphatic rings. The van der Waals surface area contributed by atoms with Gasteiger partial charge in [-0.25, -0.2) is 0 Å². The second kappa shape index (κ2) is 10.4. The van der Waals surface area contributed by atoms with E-state index in [0.717, 1.165) is 13.1 Å². The summed E-state index contributed by atoms with van der Waals surface area (Å²) < 4.78 is 0. The van der Waals surface area contributed by atoms with Gasteiger partial charge in [-0.05, 0) is 37.0 Å². The summed E-state index contributed by atoms with van der Waals surface area (Å²) in [4.78, 5) is 5.17. The van der Waals surface area contributed by atoms with Crippen LogP contribution in [0.4, 0.5) is 5.69 Å². The van der Waals surface area contributed by atoms with Crippen molar-refractivity contribution in [2.24, 2.45) is 0 Å². The lowest BCUT2D eigenvalue weighted by Crippen LogP contribution is -2.45. The molecule has 0 amide bonds. The van der Waals surface area contributed by atoms with Crippen molar-refractivity contribution in [2.75, 3.05) is 44.2 Å². The largest absolute Gasteiger partial charge is 0.372 e. The first kappa shape index (κ1) is 20.6. The monoisotopic (exact) mass is 359 g/mol. The third-order valence-electron chi connectivity index (χ3n) is 4.90. The molecular weight excluding hydrogens is 329 g/mol. The summed E-state index contributed by atoms with van der Waals surface area (Å²) in [6, 6.07) is 10.0. The summed E-state index contributed by atoms with van der Waals surface area (Å²) in [5.74, 6) is 0. The van der Waals surface area contributed by atoms with Crippen LogP contribution in [-0.2, 0) is 0 Å².